The van der Waals surface area contributed by atoms with E-state index in [-0.39, 0.29) is 13.0 Å². The molecule has 0 amide bonds. The smallest absolute Gasteiger partial charge is 0.415 e. The van der Waals surface area contributed by atoms with Gasteiger partial charge < -0.3 is 14.6 Å². The number of rotatable bonds is 9. The van der Waals surface area contributed by atoms with Crippen molar-refractivity contribution >= 4 is 5.97 Å². The molecule has 0 aliphatic carbocycles. The number of hydrogen-bond acceptors (Lipinski definition) is 4. The zero-order valence-electron chi connectivity index (χ0n) is 11.2. The zero-order chi connectivity index (χ0) is 14.9. The number of esters is 1. The minimum Gasteiger partial charge on any atom is -0.465 e. The molecule has 0 rings (SSSR count). The molecule has 0 heterocycles. The summed E-state index contributed by atoms with van der Waals surface area (Å²) < 4.78 is 46.7. The summed E-state index contributed by atoms with van der Waals surface area (Å²) in [6.45, 7) is 4.40. The van der Waals surface area contributed by atoms with Gasteiger partial charge in [0.25, 0.3) is 0 Å². The normalized spacial score (nSPS) is 15.1. The Kier molecular flexibility index (Phi) is 8.75. The van der Waals surface area contributed by atoms with Gasteiger partial charge in [-0.15, -0.1) is 0 Å². The Morgan fingerprint density at radius 2 is 1.79 bits per heavy atom. The molecule has 0 aromatic heterocycles. The molecule has 0 radical (unpaired) electrons. The van der Waals surface area contributed by atoms with Crippen LogP contribution < -0.4 is 0 Å². The van der Waals surface area contributed by atoms with E-state index in [9.17, 15) is 18.0 Å². The summed E-state index contributed by atoms with van der Waals surface area (Å²) in [4.78, 5) is 11.4. The van der Waals surface area contributed by atoms with Gasteiger partial charge in [-0.1, -0.05) is 6.92 Å². The SMILES string of the molecule is CCOCCCCOC(=O)C(CC)[C@@H](O)C(F)(F)F. The van der Waals surface area contributed by atoms with Crippen molar-refractivity contribution in [2.45, 2.75) is 45.4 Å². The van der Waals surface area contributed by atoms with Crippen molar-refractivity contribution in [3.63, 3.8) is 0 Å². The Morgan fingerprint density at radius 3 is 2.26 bits per heavy atom. The van der Waals surface area contributed by atoms with Gasteiger partial charge in [-0.3, -0.25) is 4.79 Å². The van der Waals surface area contributed by atoms with Gasteiger partial charge in [0.15, 0.2) is 6.10 Å². The average molecular weight is 286 g/mol. The van der Waals surface area contributed by atoms with Crippen LogP contribution in [0.4, 0.5) is 13.2 Å². The van der Waals surface area contributed by atoms with Crippen molar-refractivity contribution in [1.29, 1.82) is 0 Å². The van der Waals surface area contributed by atoms with Crippen LogP contribution in [0, 0.1) is 5.92 Å². The van der Waals surface area contributed by atoms with Crippen LogP contribution in [0.5, 0.6) is 0 Å². The molecule has 0 aromatic rings. The van der Waals surface area contributed by atoms with Crippen LogP contribution in [0.2, 0.25) is 0 Å². The van der Waals surface area contributed by atoms with E-state index in [1.807, 2.05) is 6.92 Å². The monoisotopic (exact) mass is 286 g/mol. The standard InChI is InChI=1S/C12H21F3O4/c1-3-9(10(16)12(13,14)15)11(17)19-8-6-5-7-18-4-2/h9-10,16H,3-8H2,1-2H3/t9?,10-/m1/s1. The maximum atomic E-state index is 12.3. The molecule has 0 fully saturated rings. The lowest BCUT2D eigenvalue weighted by Crippen LogP contribution is -2.40. The summed E-state index contributed by atoms with van der Waals surface area (Å²) in [7, 11) is 0. The highest BCUT2D eigenvalue weighted by Gasteiger charge is 2.46. The summed E-state index contributed by atoms with van der Waals surface area (Å²) in [5.41, 5.74) is 0. The highest BCUT2D eigenvalue weighted by molar-refractivity contribution is 5.73. The maximum Gasteiger partial charge on any atom is 0.415 e. The third-order valence-corrected chi connectivity index (χ3v) is 2.59. The third-order valence-electron chi connectivity index (χ3n) is 2.59. The molecule has 0 bridgehead atoms. The number of hydrogen-bond donors (Lipinski definition) is 1. The lowest BCUT2D eigenvalue weighted by molar-refractivity contribution is -0.224. The van der Waals surface area contributed by atoms with E-state index >= 15 is 0 Å². The molecule has 4 nitrogen and oxygen atoms in total. The fourth-order valence-corrected chi connectivity index (χ4v) is 1.48. The van der Waals surface area contributed by atoms with Gasteiger partial charge in [0.1, 0.15) is 0 Å². The minimum absolute atomic E-state index is 0.0347. The summed E-state index contributed by atoms with van der Waals surface area (Å²) in [5.74, 6) is -2.57. The Bertz CT molecular complexity index is 256. The maximum absolute atomic E-state index is 12.3. The van der Waals surface area contributed by atoms with Crippen LogP contribution in [0.3, 0.4) is 0 Å². The highest BCUT2D eigenvalue weighted by atomic mass is 19.4. The first kappa shape index (κ1) is 18.2. The first-order valence-electron chi connectivity index (χ1n) is 6.33. The van der Waals surface area contributed by atoms with Gasteiger partial charge in [0, 0.05) is 13.2 Å². The lowest BCUT2D eigenvalue weighted by Gasteiger charge is -2.22. The van der Waals surface area contributed by atoms with E-state index in [1.54, 1.807) is 0 Å². The molecule has 2 atom stereocenters. The fraction of sp³-hybridized carbons (Fsp3) is 0.917. The van der Waals surface area contributed by atoms with Crippen molar-refractivity contribution in [3.05, 3.63) is 0 Å². The number of unbranched alkanes of at least 4 members (excludes halogenated alkanes) is 1. The van der Waals surface area contributed by atoms with Gasteiger partial charge in [-0.25, -0.2) is 0 Å². The Morgan fingerprint density at radius 1 is 1.21 bits per heavy atom. The third kappa shape index (κ3) is 7.37. The van der Waals surface area contributed by atoms with Crippen molar-refractivity contribution < 1.29 is 32.5 Å². The molecule has 0 aromatic carbocycles. The van der Waals surface area contributed by atoms with Crippen LogP contribution in [0.25, 0.3) is 0 Å². The largest absolute Gasteiger partial charge is 0.465 e. The number of ether oxygens (including phenoxy) is 2. The first-order chi connectivity index (χ1) is 8.84. The second-order valence-electron chi connectivity index (χ2n) is 4.07. The van der Waals surface area contributed by atoms with Crippen molar-refractivity contribution in [3.8, 4) is 0 Å². The molecule has 0 saturated carbocycles. The summed E-state index contributed by atoms with van der Waals surface area (Å²) >= 11 is 0. The van der Waals surface area contributed by atoms with Gasteiger partial charge in [-0.2, -0.15) is 13.2 Å². The topological polar surface area (TPSA) is 55.8 Å². The number of aliphatic hydroxyl groups is 1. The van der Waals surface area contributed by atoms with E-state index in [0.717, 1.165) is 0 Å². The highest BCUT2D eigenvalue weighted by Crippen LogP contribution is 2.28. The summed E-state index contributed by atoms with van der Waals surface area (Å²) in [5, 5.41) is 9.04. The Balaban J connectivity index is 4.02. The van der Waals surface area contributed by atoms with Gasteiger partial charge in [-0.05, 0) is 26.2 Å². The number of carbonyl (C=O) groups is 1. The summed E-state index contributed by atoms with van der Waals surface area (Å²) in [6.07, 6.45) is -6.43. The molecule has 114 valence electrons. The second-order valence-corrected chi connectivity index (χ2v) is 4.07. The number of carbonyl (C=O) groups excluding carboxylic acids is 1. The van der Waals surface area contributed by atoms with Crippen LogP contribution in [-0.2, 0) is 14.3 Å². The van der Waals surface area contributed by atoms with Crippen molar-refractivity contribution in [2.24, 2.45) is 5.92 Å². The molecule has 0 saturated heterocycles. The number of aliphatic hydroxyl groups excluding tert-OH is 1. The fourth-order valence-electron chi connectivity index (χ4n) is 1.48. The van der Waals surface area contributed by atoms with Gasteiger partial charge in [0.05, 0.1) is 12.5 Å². The van der Waals surface area contributed by atoms with Crippen LogP contribution in [-0.4, -0.2) is 43.2 Å². The molecule has 1 N–H and O–H groups in total. The van der Waals surface area contributed by atoms with Crippen LogP contribution in [0.15, 0.2) is 0 Å². The van der Waals surface area contributed by atoms with Gasteiger partial charge >= 0.3 is 12.1 Å². The lowest BCUT2D eigenvalue weighted by atomic mass is 9.99. The van der Waals surface area contributed by atoms with E-state index in [4.69, 9.17) is 14.6 Å². The van der Waals surface area contributed by atoms with Crippen LogP contribution in [0.1, 0.15) is 33.1 Å². The average Bonchev–Trinajstić information content (AvgIpc) is 2.33. The Hall–Kier alpha value is -0.820. The number of alkyl halides is 3. The summed E-state index contributed by atoms with van der Waals surface area (Å²) in [6, 6.07) is 0. The quantitative estimate of drug-likeness (QED) is 0.522. The van der Waals surface area contributed by atoms with Crippen molar-refractivity contribution in [2.75, 3.05) is 19.8 Å². The minimum atomic E-state index is -4.81. The molecule has 0 aliphatic heterocycles. The zero-order valence-corrected chi connectivity index (χ0v) is 11.2. The molecule has 0 spiro atoms. The number of halogens is 3. The van der Waals surface area contributed by atoms with E-state index in [0.29, 0.717) is 26.1 Å². The molecule has 7 heteroatoms. The molecule has 0 aliphatic rings. The first-order valence-corrected chi connectivity index (χ1v) is 6.33. The molecular weight excluding hydrogens is 265 g/mol. The molecule has 19 heavy (non-hydrogen) atoms. The van der Waals surface area contributed by atoms with E-state index in [1.165, 1.54) is 6.92 Å². The van der Waals surface area contributed by atoms with Crippen molar-refractivity contribution in [1.82, 2.24) is 0 Å². The van der Waals surface area contributed by atoms with E-state index in [2.05, 4.69) is 0 Å². The predicted octanol–water partition coefficient (Wildman–Crippen LogP) is 2.30. The molecular formula is C12H21F3O4. The molecule has 1 unspecified atom stereocenters. The Labute approximate surface area is 110 Å². The van der Waals surface area contributed by atoms with Crippen LogP contribution >= 0.6 is 0 Å². The van der Waals surface area contributed by atoms with Gasteiger partial charge in [0.2, 0.25) is 0 Å². The van der Waals surface area contributed by atoms with E-state index < -0.39 is 24.2 Å². The predicted molar refractivity (Wildman–Crippen MR) is 62.5 cm³/mol. The second kappa shape index (κ2) is 9.14.